The molecule has 1 rings (SSSR count). The average Bonchev–Trinajstić information content (AvgIpc) is 2.29. The van der Waals surface area contributed by atoms with Crippen molar-refractivity contribution in [2.24, 2.45) is 5.73 Å². The van der Waals surface area contributed by atoms with Gasteiger partial charge in [0.1, 0.15) is 0 Å². The van der Waals surface area contributed by atoms with Gasteiger partial charge in [-0.25, -0.2) is 0 Å². The maximum absolute atomic E-state index is 5.79. The van der Waals surface area contributed by atoms with E-state index in [9.17, 15) is 0 Å². The molecule has 0 aliphatic carbocycles. The van der Waals surface area contributed by atoms with Gasteiger partial charge in [0.25, 0.3) is 0 Å². The lowest BCUT2D eigenvalue weighted by Gasteiger charge is -2.13. The standard InChI is InChI=1S/C15H23NO2/c1-11(2)7-8-18-14-6-5-13(9-12(3)16)10-15(14)17-4/h5-6,10,12H,1,7-9,16H2,2-4H3. The molecule has 0 bridgehead atoms. The Kier molecular flexibility index (Phi) is 5.72. The summed E-state index contributed by atoms with van der Waals surface area (Å²) in [6.45, 7) is 8.46. The maximum atomic E-state index is 5.79. The molecule has 0 fully saturated rings. The lowest BCUT2D eigenvalue weighted by Crippen LogP contribution is -2.17. The molecule has 3 heteroatoms. The number of rotatable bonds is 7. The van der Waals surface area contributed by atoms with E-state index < -0.39 is 0 Å². The van der Waals surface area contributed by atoms with Crippen LogP contribution in [0.25, 0.3) is 0 Å². The van der Waals surface area contributed by atoms with Gasteiger partial charge >= 0.3 is 0 Å². The van der Waals surface area contributed by atoms with Crippen molar-refractivity contribution in [1.82, 2.24) is 0 Å². The minimum absolute atomic E-state index is 0.143. The summed E-state index contributed by atoms with van der Waals surface area (Å²) in [6, 6.07) is 6.10. The van der Waals surface area contributed by atoms with Gasteiger partial charge in [0.15, 0.2) is 11.5 Å². The Bertz CT molecular complexity index is 399. The molecule has 0 spiro atoms. The van der Waals surface area contributed by atoms with Crippen molar-refractivity contribution >= 4 is 0 Å². The Morgan fingerprint density at radius 2 is 2.11 bits per heavy atom. The Labute approximate surface area is 110 Å². The molecule has 0 radical (unpaired) electrons. The maximum Gasteiger partial charge on any atom is 0.161 e. The fourth-order valence-electron chi connectivity index (χ4n) is 1.67. The van der Waals surface area contributed by atoms with Crippen LogP contribution in [0.15, 0.2) is 30.4 Å². The zero-order valence-electron chi connectivity index (χ0n) is 11.5. The Morgan fingerprint density at radius 1 is 1.39 bits per heavy atom. The second-order valence-electron chi connectivity index (χ2n) is 4.72. The molecule has 3 nitrogen and oxygen atoms in total. The van der Waals surface area contributed by atoms with Crippen LogP contribution in [0, 0.1) is 0 Å². The van der Waals surface area contributed by atoms with Crippen LogP contribution < -0.4 is 15.2 Å². The molecule has 0 saturated heterocycles. The molecule has 1 aromatic carbocycles. The number of hydrogen-bond donors (Lipinski definition) is 1. The van der Waals surface area contributed by atoms with E-state index in [1.807, 2.05) is 32.0 Å². The first kappa shape index (κ1) is 14.6. The van der Waals surface area contributed by atoms with Crippen LogP contribution in [0.3, 0.4) is 0 Å². The van der Waals surface area contributed by atoms with Crippen molar-refractivity contribution in [3.63, 3.8) is 0 Å². The van der Waals surface area contributed by atoms with Gasteiger partial charge in [-0.15, -0.1) is 6.58 Å². The number of nitrogens with two attached hydrogens (primary N) is 1. The molecular weight excluding hydrogens is 226 g/mol. The van der Waals surface area contributed by atoms with Gasteiger partial charge < -0.3 is 15.2 Å². The van der Waals surface area contributed by atoms with Crippen molar-refractivity contribution in [2.45, 2.75) is 32.7 Å². The normalized spacial score (nSPS) is 12.0. The van der Waals surface area contributed by atoms with Gasteiger partial charge in [0.2, 0.25) is 0 Å². The van der Waals surface area contributed by atoms with Gasteiger partial charge in [-0.1, -0.05) is 11.6 Å². The number of methoxy groups -OCH3 is 1. The topological polar surface area (TPSA) is 44.5 Å². The monoisotopic (exact) mass is 249 g/mol. The molecule has 0 aromatic heterocycles. The zero-order chi connectivity index (χ0) is 13.5. The first-order valence-electron chi connectivity index (χ1n) is 6.22. The van der Waals surface area contributed by atoms with Gasteiger partial charge in [-0.2, -0.15) is 0 Å². The SMILES string of the molecule is C=C(C)CCOc1ccc(CC(C)N)cc1OC. The quantitative estimate of drug-likeness (QED) is 0.756. The summed E-state index contributed by atoms with van der Waals surface area (Å²) in [5.41, 5.74) is 8.06. The number of hydrogen-bond acceptors (Lipinski definition) is 3. The Balaban J connectivity index is 2.70. The third kappa shape index (κ3) is 4.80. The van der Waals surface area contributed by atoms with Crippen LogP contribution >= 0.6 is 0 Å². The molecule has 18 heavy (non-hydrogen) atoms. The highest BCUT2D eigenvalue weighted by Crippen LogP contribution is 2.28. The van der Waals surface area contributed by atoms with Crippen LogP contribution in [0.4, 0.5) is 0 Å². The molecule has 0 amide bonds. The lowest BCUT2D eigenvalue weighted by molar-refractivity contribution is 0.297. The van der Waals surface area contributed by atoms with Crippen LogP contribution in [0.2, 0.25) is 0 Å². The van der Waals surface area contributed by atoms with E-state index in [1.54, 1.807) is 7.11 Å². The predicted molar refractivity (Wildman–Crippen MR) is 75.3 cm³/mol. The van der Waals surface area contributed by atoms with Gasteiger partial charge in [0, 0.05) is 12.5 Å². The fourth-order valence-corrected chi connectivity index (χ4v) is 1.67. The van der Waals surface area contributed by atoms with Gasteiger partial charge in [0.05, 0.1) is 13.7 Å². The summed E-state index contributed by atoms with van der Waals surface area (Å²) in [6.07, 6.45) is 1.69. The zero-order valence-corrected chi connectivity index (χ0v) is 11.5. The van der Waals surface area contributed by atoms with Crippen LogP contribution in [0.1, 0.15) is 25.8 Å². The Hall–Kier alpha value is -1.48. The number of benzene rings is 1. The first-order valence-corrected chi connectivity index (χ1v) is 6.22. The van der Waals surface area contributed by atoms with Crippen LogP contribution in [-0.2, 0) is 6.42 Å². The largest absolute Gasteiger partial charge is 0.493 e. The third-order valence-corrected chi connectivity index (χ3v) is 2.57. The van der Waals surface area contributed by atoms with E-state index in [-0.39, 0.29) is 6.04 Å². The smallest absolute Gasteiger partial charge is 0.161 e. The fraction of sp³-hybridized carbons (Fsp3) is 0.467. The third-order valence-electron chi connectivity index (χ3n) is 2.57. The van der Waals surface area contributed by atoms with Crippen LogP contribution in [-0.4, -0.2) is 19.8 Å². The molecule has 0 aliphatic rings. The predicted octanol–water partition coefficient (Wildman–Crippen LogP) is 2.93. The molecule has 1 unspecified atom stereocenters. The van der Waals surface area contributed by atoms with Crippen molar-refractivity contribution in [3.8, 4) is 11.5 Å². The second-order valence-corrected chi connectivity index (χ2v) is 4.72. The van der Waals surface area contributed by atoms with Crippen molar-refractivity contribution in [3.05, 3.63) is 35.9 Å². The van der Waals surface area contributed by atoms with E-state index in [2.05, 4.69) is 6.58 Å². The van der Waals surface area contributed by atoms with Gasteiger partial charge in [-0.3, -0.25) is 0 Å². The van der Waals surface area contributed by atoms with E-state index >= 15 is 0 Å². The minimum Gasteiger partial charge on any atom is -0.493 e. The molecule has 0 aliphatic heterocycles. The van der Waals surface area contributed by atoms with Gasteiger partial charge in [-0.05, 0) is 38.0 Å². The van der Waals surface area contributed by atoms with Crippen LogP contribution in [0.5, 0.6) is 11.5 Å². The summed E-state index contributed by atoms with van der Waals surface area (Å²) in [5, 5.41) is 0. The van der Waals surface area contributed by atoms with E-state index in [0.717, 1.165) is 35.5 Å². The highest BCUT2D eigenvalue weighted by molar-refractivity contribution is 5.43. The molecule has 0 saturated carbocycles. The average molecular weight is 249 g/mol. The number of ether oxygens (including phenoxy) is 2. The summed E-state index contributed by atoms with van der Waals surface area (Å²) in [5.74, 6) is 1.53. The lowest BCUT2D eigenvalue weighted by atomic mass is 10.1. The highest BCUT2D eigenvalue weighted by atomic mass is 16.5. The van der Waals surface area contributed by atoms with E-state index in [0.29, 0.717) is 6.61 Å². The molecular formula is C15H23NO2. The molecule has 2 N–H and O–H groups in total. The minimum atomic E-state index is 0.143. The molecule has 100 valence electrons. The molecule has 1 atom stereocenters. The Morgan fingerprint density at radius 3 is 2.67 bits per heavy atom. The molecule has 1 aromatic rings. The first-order chi connectivity index (χ1) is 8.52. The molecule has 0 heterocycles. The summed E-state index contributed by atoms with van der Waals surface area (Å²) >= 11 is 0. The van der Waals surface area contributed by atoms with Crippen molar-refractivity contribution in [2.75, 3.05) is 13.7 Å². The summed E-state index contributed by atoms with van der Waals surface area (Å²) in [7, 11) is 1.65. The summed E-state index contributed by atoms with van der Waals surface area (Å²) in [4.78, 5) is 0. The van der Waals surface area contributed by atoms with E-state index in [1.165, 1.54) is 0 Å². The highest BCUT2D eigenvalue weighted by Gasteiger charge is 2.07. The van der Waals surface area contributed by atoms with Crippen molar-refractivity contribution in [1.29, 1.82) is 0 Å². The second kappa shape index (κ2) is 7.07. The van der Waals surface area contributed by atoms with E-state index in [4.69, 9.17) is 15.2 Å². The van der Waals surface area contributed by atoms with Crippen molar-refractivity contribution < 1.29 is 9.47 Å². The summed E-state index contributed by atoms with van der Waals surface area (Å²) < 4.78 is 11.0.